The van der Waals surface area contributed by atoms with E-state index in [1.165, 1.54) is 11.4 Å². The van der Waals surface area contributed by atoms with Crippen LogP contribution in [0.5, 0.6) is 0 Å². The van der Waals surface area contributed by atoms with Gasteiger partial charge in [0.25, 0.3) is 11.8 Å². The zero-order valence-corrected chi connectivity index (χ0v) is 9.97. The number of amides is 2. The number of carbonyl (C=O) groups is 2. The summed E-state index contributed by atoms with van der Waals surface area (Å²) in [4.78, 5) is 25.0. The molecule has 0 bridgehead atoms. The van der Waals surface area contributed by atoms with Crippen molar-refractivity contribution >= 4 is 17.3 Å². The van der Waals surface area contributed by atoms with E-state index < -0.39 is 11.8 Å². The van der Waals surface area contributed by atoms with E-state index in [9.17, 15) is 14.9 Å². The average Bonchev–Trinajstić information content (AvgIpc) is 2.65. The van der Waals surface area contributed by atoms with Gasteiger partial charge in [-0.3, -0.25) is 19.9 Å². The number of aromatic nitrogens is 1. The molecular weight excluding hydrogens is 244 g/mol. The van der Waals surface area contributed by atoms with Crippen LogP contribution in [0.1, 0.15) is 26.3 Å². The third-order valence-corrected chi connectivity index (χ3v) is 3.24. The molecule has 0 saturated heterocycles. The van der Waals surface area contributed by atoms with E-state index in [2.05, 4.69) is 0 Å². The standard InChI is InChI=1S/C13H8N4O2/c1-16-12(18)9-7(6-14)8-4-2-3-5-17(8)11(15)10(9)13(16)19/h2-5,15H,1H3. The van der Waals surface area contributed by atoms with Crippen LogP contribution in [0.2, 0.25) is 0 Å². The molecule has 0 saturated carbocycles. The summed E-state index contributed by atoms with van der Waals surface area (Å²) in [5.41, 5.74) is 0.533. The summed E-state index contributed by atoms with van der Waals surface area (Å²) in [5.74, 6) is -1.07. The molecule has 19 heavy (non-hydrogen) atoms. The molecule has 0 aliphatic carbocycles. The van der Waals surface area contributed by atoms with Gasteiger partial charge in [0.1, 0.15) is 11.6 Å². The van der Waals surface area contributed by atoms with Gasteiger partial charge in [-0.05, 0) is 12.1 Å². The van der Waals surface area contributed by atoms with Crippen molar-refractivity contribution in [3.63, 3.8) is 0 Å². The largest absolute Gasteiger partial charge is 0.300 e. The Morgan fingerprint density at radius 1 is 1.21 bits per heavy atom. The summed E-state index contributed by atoms with van der Waals surface area (Å²) in [6.45, 7) is 0. The third-order valence-electron chi connectivity index (χ3n) is 3.24. The molecule has 2 aromatic heterocycles. The second-order valence-electron chi connectivity index (χ2n) is 4.21. The van der Waals surface area contributed by atoms with Crippen molar-refractivity contribution in [3.8, 4) is 6.07 Å². The van der Waals surface area contributed by atoms with Crippen LogP contribution in [0.3, 0.4) is 0 Å². The van der Waals surface area contributed by atoms with Gasteiger partial charge in [-0.15, -0.1) is 0 Å². The zero-order valence-electron chi connectivity index (χ0n) is 9.97. The maximum atomic E-state index is 12.0. The lowest BCUT2D eigenvalue weighted by Gasteiger charge is -2.06. The molecule has 0 radical (unpaired) electrons. The van der Waals surface area contributed by atoms with Crippen molar-refractivity contribution in [3.05, 3.63) is 46.6 Å². The Labute approximate surface area is 107 Å². The minimum atomic E-state index is -0.542. The summed E-state index contributed by atoms with van der Waals surface area (Å²) in [6.07, 6.45) is 1.59. The molecule has 1 N–H and O–H groups in total. The first-order valence-corrected chi connectivity index (χ1v) is 5.52. The molecule has 3 heterocycles. The van der Waals surface area contributed by atoms with Crippen molar-refractivity contribution in [1.82, 2.24) is 9.30 Å². The number of rotatable bonds is 0. The Morgan fingerprint density at radius 3 is 2.58 bits per heavy atom. The van der Waals surface area contributed by atoms with Crippen molar-refractivity contribution in [1.29, 1.82) is 10.7 Å². The maximum absolute atomic E-state index is 12.0. The topological polar surface area (TPSA) is 89.4 Å². The van der Waals surface area contributed by atoms with Crippen LogP contribution in [0.25, 0.3) is 5.52 Å². The molecule has 92 valence electrons. The number of pyridine rings is 2. The first kappa shape index (κ1) is 11.2. The monoisotopic (exact) mass is 252 g/mol. The van der Waals surface area contributed by atoms with Crippen molar-refractivity contribution in [2.24, 2.45) is 0 Å². The molecule has 6 nitrogen and oxygen atoms in total. The molecule has 1 aliphatic rings. The molecule has 2 amide bonds. The fourth-order valence-corrected chi connectivity index (χ4v) is 2.30. The molecule has 1 aliphatic heterocycles. The van der Waals surface area contributed by atoms with E-state index in [0.29, 0.717) is 5.52 Å². The lowest BCUT2D eigenvalue weighted by Crippen LogP contribution is -2.27. The molecule has 6 heteroatoms. The first-order chi connectivity index (χ1) is 9.07. The highest BCUT2D eigenvalue weighted by molar-refractivity contribution is 6.22. The second kappa shape index (κ2) is 3.53. The number of nitrogens with zero attached hydrogens (tertiary/aromatic N) is 3. The van der Waals surface area contributed by atoms with E-state index in [4.69, 9.17) is 5.41 Å². The van der Waals surface area contributed by atoms with Gasteiger partial charge in [0, 0.05) is 13.2 Å². The fraction of sp³-hybridized carbons (Fsp3) is 0.0769. The van der Waals surface area contributed by atoms with Gasteiger partial charge in [-0.2, -0.15) is 5.26 Å². The molecule has 2 aromatic rings. The van der Waals surface area contributed by atoms with Gasteiger partial charge in [-0.1, -0.05) is 6.07 Å². The summed E-state index contributed by atoms with van der Waals surface area (Å²) in [7, 11) is 1.35. The highest BCUT2D eigenvalue weighted by Gasteiger charge is 2.38. The first-order valence-electron chi connectivity index (χ1n) is 5.52. The van der Waals surface area contributed by atoms with E-state index in [1.54, 1.807) is 24.4 Å². The maximum Gasteiger partial charge on any atom is 0.265 e. The number of hydrogen-bond donors (Lipinski definition) is 1. The number of carbonyl (C=O) groups excluding carboxylic acids is 2. The van der Waals surface area contributed by atoms with Crippen LogP contribution < -0.4 is 5.49 Å². The van der Waals surface area contributed by atoms with Gasteiger partial charge in [-0.25, -0.2) is 0 Å². The van der Waals surface area contributed by atoms with Gasteiger partial charge < -0.3 is 4.40 Å². The smallest absolute Gasteiger partial charge is 0.265 e. The highest BCUT2D eigenvalue weighted by atomic mass is 16.2. The predicted molar refractivity (Wildman–Crippen MR) is 64.4 cm³/mol. The van der Waals surface area contributed by atoms with Gasteiger partial charge in [0.15, 0.2) is 0 Å². The van der Waals surface area contributed by atoms with E-state index in [0.717, 1.165) is 4.90 Å². The SMILES string of the molecule is CN1C(=O)c2c(c(=N)n3ccccc3c2C#N)C1=O. The molecule has 0 atom stereocenters. The number of nitrogens with one attached hydrogen (secondary N) is 1. The quantitative estimate of drug-likeness (QED) is 0.693. The average molecular weight is 252 g/mol. The Bertz CT molecular complexity index is 857. The number of imide groups is 1. The Kier molecular flexibility index (Phi) is 2.07. The van der Waals surface area contributed by atoms with Crippen molar-refractivity contribution in [2.75, 3.05) is 7.05 Å². The summed E-state index contributed by atoms with van der Waals surface area (Å²) < 4.78 is 1.43. The second-order valence-corrected chi connectivity index (χ2v) is 4.21. The number of nitriles is 1. The van der Waals surface area contributed by atoms with Crippen LogP contribution in [-0.2, 0) is 0 Å². The van der Waals surface area contributed by atoms with Crippen LogP contribution >= 0.6 is 0 Å². The van der Waals surface area contributed by atoms with E-state index in [-0.39, 0.29) is 22.2 Å². The van der Waals surface area contributed by atoms with E-state index in [1.807, 2.05) is 6.07 Å². The Hall–Kier alpha value is -2.94. The lowest BCUT2D eigenvalue weighted by atomic mass is 10.0. The Balaban J connectivity index is 2.64. The molecular formula is C13H8N4O2. The third kappa shape index (κ3) is 1.21. The Morgan fingerprint density at radius 2 is 1.89 bits per heavy atom. The normalized spacial score (nSPS) is 13.8. The minimum Gasteiger partial charge on any atom is -0.300 e. The number of hydrogen-bond acceptors (Lipinski definition) is 4. The molecule has 0 unspecified atom stereocenters. The lowest BCUT2D eigenvalue weighted by molar-refractivity contribution is 0.0692. The molecule has 0 spiro atoms. The zero-order chi connectivity index (χ0) is 13.7. The predicted octanol–water partition coefficient (Wildman–Crippen LogP) is 0.516. The van der Waals surface area contributed by atoms with Crippen molar-refractivity contribution < 1.29 is 9.59 Å². The van der Waals surface area contributed by atoms with Crippen LogP contribution in [0.4, 0.5) is 0 Å². The van der Waals surface area contributed by atoms with Gasteiger partial charge >= 0.3 is 0 Å². The van der Waals surface area contributed by atoms with Crippen LogP contribution in [0.15, 0.2) is 24.4 Å². The van der Waals surface area contributed by atoms with Gasteiger partial charge in [0.05, 0.1) is 22.2 Å². The number of fused-ring (bicyclic) bond motifs is 2. The highest BCUT2D eigenvalue weighted by Crippen LogP contribution is 2.24. The van der Waals surface area contributed by atoms with Crippen LogP contribution in [0, 0.1) is 16.7 Å². The summed E-state index contributed by atoms with van der Waals surface area (Å²) >= 11 is 0. The molecule has 0 aromatic carbocycles. The van der Waals surface area contributed by atoms with E-state index >= 15 is 0 Å². The van der Waals surface area contributed by atoms with Crippen LogP contribution in [-0.4, -0.2) is 28.2 Å². The summed E-state index contributed by atoms with van der Waals surface area (Å²) in [6, 6.07) is 7.02. The van der Waals surface area contributed by atoms with Gasteiger partial charge in [0.2, 0.25) is 0 Å². The fourth-order valence-electron chi connectivity index (χ4n) is 2.30. The molecule has 3 rings (SSSR count). The summed E-state index contributed by atoms with van der Waals surface area (Å²) in [5, 5.41) is 17.3. The molecule has 0 fully saturated rings. The van der Waals surface area contributed by atoms with Crippen molar-refractivity contribution in [2.45, 2.75) is 0 Å². The minimum absolute atomic E-state index is 0.00671.